The third kappa shape index (κ3) is 0.887. The van der Waals surface area contributed by atoms with Crippen LogP contribution in [0.1, 0.15) is 11.3 Å². The van der Waals surface area contributed by atoms with E-state index in [0.29, 0.717) is 6.54 Å². The monoisotopic (exact) mass is 162 g/mol. The molecule has 0 bridgehead atoms. The smallest absolute Gasteiger partial charge is 0.159 e. The van der Waals surface area contributed by atoms with Crippen molar-refractivity contribution in [2.24, 2.45) is 5.73 Å². The molecular weight excluding hydrogens is 152 g/mol. The summed E-state index contributed by atoms with van der Waals surface area (Å²) >= 11 is 0. The van der Waals surface area contributed by atoms with Gasteiger partial charge in [0.05, 0.1) is 5.69 Å². The van der Waals surface area contributed by atoms with Crippen molar-refractivity contribution in [1.82, 2.24) is 14.6 Å². The Hall–Kier alpha value is -1.42. The van der Waals surface area contributed by atoms with Crippen LogP contribution in [0.25, 0.3) is 5.65 Å². The number of fused-ring (bicyclic) bond motifs is 1. The zero-order valence-electron chi connectivity index (χ0n) is 6.86. The first-order chi connectivity index (χ1) is 5.83. The van der Waals surface area contributed by atoms with Gasteiger partial charge in [0.25, 0.3) is 0 Å². The van der Waals surface area contributed by atoms with Gasteiger partial charge in [0.1, 0.15) is 0 Å². The van der Waals surface area contributed by atoms with Gasteiger partial charge >= 0.3 is 0 Å². The summed E-state index contributed by atoms with van der Waals surface area (Å²) in [6.45, 7) is 2.43. The van der Waals surface area contributed by atoms with Crippen molar-refractivity contribution in [1.29, 1.82) is 0 Å². The Labute approximate surface area is 70.0 Å². The maximum atomic E-state index is 5.57. The second-order valence-electron chi connectivity index (χ2n) is 2.66. The summed E-state index contributed by atoms with van der Waals surface area (Å²) in [6.07, 6.45) is 3.62. The van der Waals surface area contributed by atoms with E-state index >= 15 is 0 Å². The summed E-state index contributed by atoms with van der Waals surface area (Å²) < 4.78 is 1.75. The van der Waals surface area contributed by atoms with Gasteiger partial charge in [-0.3, -0.25) is 0 Å². The SMILES string of the molecule is Cc1nn2cccnc2c1CN. The normalized spacial score (nSPS) is 10.8. The molecule has 0 fully saturated rings. The van der Waals surface area contributed by atoms with Gasteiger partial charge in [-0.25, -0.2) is 9.50 Å². The molecule has 2 heterocycles. The predicted molar refractivity (Wildman–Crippen MR) is 45.6 cm³/mol. The van der Waals surface area contributed by atoms with Gasteiger partial charge in [-0.05, 0) is 13.0 Å². The van der Waals surface area contributed by atoms with E-state index in [9.17, 15) is 0 Å². The van der Waals surface area contributed by atoms with E-state index in [-0.39, 0.29) is 0 Å². The highest BCUT2D eigenvalue weighted by Gasteiger charge is 2.06. The van der Waals surface area contributed by atoms with Gasteiger partial charge in [-0.1, -0.05) is 0 Å². The molecule has 2 rings (SSSR count). The van der Waals surface area contributed by atoms with Crippen LogP contribution in [-0.2, 0) is 6.54 Å². The van der Waals surface area contributed by atoms with Crippen molar-refractivity contribution < 1.29 is 0 Å². The summed E-state index contributed by atoms with van der Waals surface area (Å²) in [7, 11) is 0. The van der Waals surface area contributed by atoms with E-state index < -0.39 is 0 Å². The van der Waals surface area contributed by atoms with Crippen LogP contribution < -0.4 is 5.73 Å². The molecule has 2 aromatic rings. The van der Waals surface area contributed by atoms with E-state index in [1.807, 2.05) is 19.2 Å². The molecule has 2 N–H and O–H groups in total. The van der Waals surface area contributed by atoms with E-state index in [2.05, 4.69) is 10.1 Å². The van der Waals surface area contributed by atoms with Crippen LogP contribution in [0.2, 0.25) is 0 Å². The minimum atomic E-state index is 0.492. The standard InChI is InChI=1S/C8H10N4/c1-6-7(5-9)8-10-3-2-4-12(8)11-6/h2-4H,5,9H2,1H3. The molecule has 0 aliphatic carbocycles. The van der Waals surface area contributed by atoms with Crippen LogP contribution in [-0.4, -0.2) is 14.6 Å². The van der Waals surface area contributed by atoms with E-state index in [0.717, 1.165) is 16.9 Å². The molecule has 0 radical (unpaired) electrons. The van der Waals surface area contributed by atoms with Crippen molar-refractivity contribution in [3.05, 3.63) is 29.7 Å². The van der Waals surface area contributed by atoms with Crippen LogP contribution in [0.3, 0.4) is 0 Å². The van der Waals surface area contributed by atoms with Crippen molar-refractivity contribution >= 4 is 5.65 Å². The molecule has 0 aliphatic rings. The lowest BCUT2D eigenvalue weighted by Crippen LogP contribution is -1.98. The van der Waals surface area contributed by atoms with Crippen LogP contribution in [0.15, 0.2) is 18.5 Å². The number of aryl methyl sites for hydroxylation is 1. The topological polar surface area (TPSA) is 56.2 Å². The molecule has 62 valence electrons. The number of nitrogens with two attached hydrogens (primary N) is 1. The number of hydrogen-bond acceptors (Lipinski definition) is 3. The summed E-state index contributed by atoms with van der Waals surface area (Å²) in [6, 6.07) is 1.85. The first-order valence-electron chi connectivity index (χ1n) is 3.82. The van der Waals surface area contributed by atoms with Crippen LogP contribution in [0.5, 0.6) is 0 Å². The Kier molecular flexibility index (Phi) is 1.55. The van der Waals surface area contributed by atoms with Gasteiger partial charge < -0.3 is 5.73 Å². The second-order valence-corrected chi connectivity index (χ2v) is 2.66. The fourth-order valence-corrected chi connectivity index (χ4v) is 1.28. The van der Waals surface area contributed by atoms with Gasteiger partial charge in [-0.2, -0.15) is 5.10 Å². The van der Waals surface area contributed by atoms with Gasteiger partial charge in [0.15, 0.2) is 5.65 Å². The second kappa shape index (κ2) is 2.57. The van der Waals surface area contributed by atoms with Crippen molar-refractivity contribution in [3.63, 3.8) is 0 Å². The molecule has 0 aromatic carbocycles. The fourth-order valence-electron chi connectivity index (χ4n) is 1.28. The fraction of sp³-hybridized carbons (Fsp3) is 0.250. The lowest BCUT2D eigenvalue weighted by molar-refractivity contribution is 0.916. The highest BCUT2D eigenvalue weighted by atomic mass is 15.2. The lowest BCUT2D eigenvalue weighted by Gasteiger charge is -1.92. The molecule has 0 amide bonds. The first kappa shape index (κ1) is 7.24. The third-order valence-corrected chi connectivity index (χ3v) is 1.90. The highest BCUT2D eigenvalue weighted by molar-refractivity contribution is 5.48. The Balaban J connectivity index is 2.81. The van der Waals surface area contributed by atoms with Gasteiger partial charge in [0.2, 0.25) is 0 Å². The minimum Gasteiger partial charge on any atom is -0.326 e. The summed E-state index contributed by atoms with van der Waals surface area (Å²) in [5.41, 5.74) is 8.41. The van der Waals surface area contributed by atoms with Gasteiger partial charge in [0, 0.05) is 24.5 Å². The number of nitrogens with zero attached hydrogens (tertiary/aromatic N) is 3. The highest BCUT2D eigenvalue weighted by Crippen LogP contribution is 2.10. The molecule has 0 aliphatic heterocycles. The maximum absolute atomic E-state index is 5.57. The molecule has 4 nitrogen and oxygen atoms in total. The lowest BCUT2D eigenvalue weighted by atomic mass is 10.2. The Morgan fingerprint density at radius 2 is 2.42 bits per heavy atom. The average molecular weight is 162 g/mol. The van der Waals surface area contributed by atoms with Crippen LogP contribution in [0, 0.1) is 6.92 Å². The molecule has 0 saturated heterocycles. The molecule has 12 heavy (non-hydrogen) atoms. The molecule has 4 heteroatoms. The van der Waals surface area contributed by atoms with Crippen molar-refractivity contribution in [3.8, 4) is 0 Å². The Morgan fingerprint density at radius 1 is 1.58 bits per heavy atom. The Morgan fingerprint density at radius 3 is 3.17 bits per heavy atom. The van der Waals surface area contributed by atoms with E-state index in [4.69, 9.17) is 5.73 Å². The summed E-state index contributed by atoms with van der Waals surface area (Å²) in [5, 5.41) is 4.26. The van der Waals surface area contributed by atoms with Crippen LogP contribution >= 0.6 is 0 Å². The molecule has 0 atom stereocenters. The van der Waals surface area contributed by atoms with Gasteiger partial charge in [-0.15, -0.1) is 0 Å². The van der Waals surface area contributed by atoms with Crippen LogP contribution in [0.4, 0.5) is 0 Å². The van der Waals surface area contributed by atoms with E-state index in [1.165, 1.54) is 0 Å². The Bertz CT molecular complexity index is 404. The first-order valence-corrected chi connectivity index (χ1v) is 3.82. The predicted octanol–water partition coefficient (Wildman–Crippen LogP) is 0.496. The molecule has 0 saturated carbocycles. The quantitative estimate of drug-likeness (QED) is 0.664. The van der Waals surface area contributed by atoms with E-state index in [1.54, 1.807) is 10.7 Å². The maximum Gasteiger partial charge on any atom is 0.159 e. The zero-order valence-corrected chi connectivity index (χ0v) is 6.86. The average Bonchev–Trinajstić information content (AvgIpc) is 2.40. The minimum absolute atomic E-state index is 0.492. The number of hydrogen-bond donors (Lipinski definition) is 1. The molecule has 2 aromatic heterocycles. The number of aromatic nitrogens is 3. The molecule has 0 spiro atoms. The molecule has 0 unspecified atom stereocenters. The number of rotatable bonds is 1. The third-order valence-electron chi connectivity index (χ3n) is 1.90. The van der Waals surface area contributed by atoms with Crippen molar-refractivity contribution in [2.75, 3.05) is 0 Å². The summed E-state index contributed by atoms with van der Waals surface area (Å²) in [5.74, 6) is 0. The molecular formula is C8H10N4. The summed E-state index contributed by atoms with van der Waals surface area (Å²) in [4.78, 5) is 4.19. The largest absolute Gasteiger partial charge is 0.326 e. The van der Waals surface area contributed by atoms with Crippen molar-refractivity contribution in [2.45, 2.75) is 13.5 Å². The zero-order chi connectivity index (χ0) is 8.55.